The molecule has 0 aromatic rings. The number of aliphatic hydroxyl groups excluding tert-OH is 2. The van der Waals surface area contributed by atoms with E-state index in [9.17, 15) is 10.2 Å². The van der Waals surface area contributed by atoms with E-state index in [-0.39, 0.29) is 0 Å². The number of unbranched alkanes of at least 4 members (excludes halogenated alkanes) is 2. The maximum Gasteiger partial charge on any atom is 0.0487 e. The predicted molar refractivity (Wildman–Crippen MR) is 78.1 cm³/mol. The minimum Gasteiger partial charge on any atom is -0.396 e. The SMILES string of the molecule is OCC1(CCCCNCCCCC2(CO)CC2)CC1. The summed E-state index contributed by atoms with van der Waals surface area (Å²) in [5.41, 5.74) is 0.672. The third-order valence-electron chi connectivity index (χ3n) is 5.21. The highest BCUT2D eigenvalue weighted by Gasteiger charge is 2.41. The van der Waals surface area contributed by atoms with E-state index in [4.69, 9.17) is 0 Å². The first-order valence-electron chi connectivity index (χ1n) is 8.17. The second kappa shape index (κ2) is 7.05. The van der Waals surface area contributed by atoms with E-state index in [2.05, 4.69) is 5.32 Å². The number of rotatable bonds is 12. The fourth-order valence-corrected chi connectivity index (χ4v) is 2.95. The Morgan fingerprint density at radius 2 is 1.11 bits per heavy atom. The number of hydrogen-bond acceptors (Lipinski definition) is 3. The molecule has 0 spiro atoms. The first-order valence-corrected chi connectivity index (χ1v) is 8.17. The molecular weight excluding hydrogens is 238 g/mol. The van der Waals surface area contributed by atoms with Gasteiger partial charge in [-0.15, -0.1) is 0 Å². The van der Waals surface area contributed by atoms with Crippen molar-refractivity contribution in [2.24, 2.45) is 10.8 Å². The lowest BCUT2D eigenvalue weighted by atomic mass is 10.00. The summed E-state index contributed by atoms with van der Waals surface area (Å²) in [4.78, 5) is 0. The van der Waals surface area contributed by atoms with Gasteiger partial charge in [0.05, 0.1) is 0 Å². The smallest absolute Gasteiger partial charge is 0.0487 e. The molecule has 0 unspecified atom stereocenters. The molecule has 2 fully saturated rings. The van der Waals surface area contributed by atoms with Crippen molar-refractivity contribution >= 4 is 0 Å². The Kier molecular flexibility index (Phi) is 5.67. The lowest BCUT2D eigenvalue weighted by Gasteiger charge is -2.12. The van der Waals surface area contributed by atoms with E-state index in [0.717, 1.165) is 13.1 Å². The summed E-state index contributed by atoms with van der Waals surface area (Å²) in [6, 6.07) is 0. The van der Waals surface area contributed by atoms with Crippen LogP contribution < -0.4 is 5.32 Å². The van der Waals surface area contributed by atoms with E-state index < -0.39 is 0 Å². The Morgan fingerprint density at radius 1 is 0.684 bits per heavy atom. The van der Waals surface area contributed by atoms with Crippen molar-refractivity contribution in [1.82, 2.24) is 5.32 Å². The molecular formula is C16H31NO2. The molecule has 0 radical (unpaired) electrons. The molecule has 2 saturated carbocycles. The van der Waals surface area contributed by atoms with E-state index in [1.165, 1.54) is 64.2 Å². The van der Waals surface area contributed by atoms with E-state index in [0.29, 0.717) is 24.0 Å². The molecule has 3 heteroatoms. The van der Waals surface area contributed by atoms with Crippen LogP contribution in [0.5, 0.6) is 0 Å². The van der Waals surface area contributed by atoms with Gasteiger partial charge in [0.1, 0.15) is 0 Å². The van der Waals surface area contributed by atoms with Gasteiger partial charge in [0, 0.05) is 13.2 Å². The molecule has 2 aliphatic carbocycles. The van der Waals surface area contributed by atoms with Crippen molar-refractivity contribution in [3.05, 3.63) is 0 Å². The minimum absolute atomic E-state index is 0.336. The first kappa shape index (κ1) is 15.3. The van der Waals surface area contributed by atoms with Crippen LogP contribution in [-0.2, 0) is 0 Å². The highest BCUT2D eigenvalue weighted by molar-refractivity contribution is 4.92. The van der Waals surface area contributed by atoms with Gasteiger partial charge < -0.3 is 15.5 Å². The Morgan fingerprint density at radius 3 is 1.42 bits per heavy atom. The molecule has 19 heavy (non-hydrogen) atoms. The van der Waals surface area contributed by atoms with Crippen molar-refractivity contribution in [3.63, 3.8) is 0 Å². The second-order valence-electron chi connectivity index (χ2n) is 6.98. The Balaban J connectivity index is 1.33. The molecule has 3 nitrogen and oxygen atoms in total. The molecule has 3 N–H and O–H groups in total. The van der Waals surface area contributed by atoms with Crippen molar-refractivity contribution in [3.8, 4) is 0 Å². The summed E-state index contributed by atoms with van der Waals surface area (Å²) in [6.45, 7) is 3.03. The standard InChI is InChI=1S/C16H31NO2/c18-13-15(7-8-15)5-1-3-11-17-12-4-2-6-16(14-19)9-10-16/h17-19H,1-14H2. The van der Waals surface area contributed by atoms with Gasteiger partial charge in [0.15, 0.2) is 0 Å². The van der Waals surface area contributed by atoms with Crippen molar-refractivity contribution in [1.29, 1.82) is 0 Å². The average Bonchev–Trinajstić information content (AvgIpc) is 3.34. The highest BCUT2D eigenvalue weighted by Crippen LogP contribution is 2.49. The minimum atomic E-state index is 0.336. The summed E-state index contributed by atoms with van der Waals surface area (Å²) in [6.07, 6.45) is 12.4. The van der Waals surface area contributed by atoms with Crippen LogP contribution >= 0.6 is 0 Å². The number of nitrogens with one attached hydrogen (secondary N) is 1. The quantitative estimate of drug-likeness (QED) is 0.477. The van der Waals surface area contributed by atoms with Gasteiger partial charge in [-0.05, 0) is 75.3 Å². The molecule has 2 aliphatic rings. The molecule has 0 atom stereocenters. The third kappa shape index (κ3) is 5.05. The van der Waals surface area contributed by atoms with Crippen LogP contribution in [0.1, 0.15) is 64.2 Å². The van der Waals surface area contributed by atoms with Crippen LogP contribution in [0.4, 0.5) is 0 Å². The molecule has 0 aliphatic heterocycles. The van der Waals surface area contributed by atoms with E-state index >= 15 is 0 Å². The summed E-state index contributed by atoms with van der Waals surface area (Å²) >= 11 is 0. The van der Waals surface area contributed by atoms with Crippen LogP contribution in [0.2, 0.25) is 0 Å². The van der Waals surface area contributed by atoms with Crippen LogP contribution in [0.25, 0.3) is 0 Å². The molecule has 2 rings (SSSR count). The molecule has 0 aromatic heterocycles. The molecule has 0 aromatic carbocycles. The monoisotopic (exact) mass is 269 g/mol. The van der Waals surface area contributed by atoms with Gasteiger partial charge >= 0.3 is 0 Å². The summed E-state index contributed by atoms with van der Waals surface area (Å²) in [7, 11) is 0. The fourth-order valence-electron chi connectivity index (χ4n) is 2.95. The Bertz CT molecular complexity index is 233. The average molecular weight is 269 g/mol. The normalized spacial score (nSPS) is 22.4. The van der Waals surface area contributed by atoms with Gasteiger partial charge in [-0.25, -0.2) is 0 Å². The van der Waals surface area contributed by atoms with Crippen LogP contribution in [0.3, 0.4) is 0 Å². The maximum atomic E-state index is 9.21. The third-order valence-corrected chi connectivity index (χ3v) is 5.21. The van der Waals surface area contributed by atoms with E-state index in [1.54, 1.807) is 0 Å². The zero-order valence-corrected chi connectivity index (χ0v) is 12.3. The van der Waals surface area contributed by atoms with Gasteiger partial charge in [-0.2, -0.15) is 0 Å². The zero-order chi connectivity index (χ0) is 13.6. The Labute approximate surface area is 117 Å². The van der Waals surface area contributed by atoms with Gasteiger partial charge in [0.25, 0.3) is 0 Å². The summed E-state index contributed by atoms with van der Waals surface area (Å²) in [5, 5.41) is 21.9. The van der Waals surface area contributed by atoms with Crippen LogP contribution in [0.15, 0.2) is 0 Å². The van der Waals surface area contributed by atoms with Crippen LogP contribution in [0, 0.1) is 10.8 Å². The van der Waals surface area contributed by atoms with Gasteiger partial charge in [-0.3, -0.25) is 0 Å². The largest absolute Gasteiger partial charge is 0.396 e. The lowest BCUT2D eigenvalue weighted by Crippen LogP contribution is -2.18. The van der Waals surface area contributed by atoms with Crippen molar-refractivity contribution in [2.45, 2.75) is 64.2 Å². The first-order chi connectivity index (χ1) is 9.24. The summed E-state index contributed by atoms with van der Waals surface area (Å²) < 4.78 is 0. The lowest BCUT2D eigenvalue weighted by molar-refractivity contribution is 0.199. The van der Waals surface area contributed by atoms with Gasteiger partial charge in [-0.1, -0.05) is 12.8 Å². The molecule has 0 heterocycles. The molecule has 0 saturated heterocycles. The molecule has 0 amide bonds. The summed E-state index contributed by atoms with van der Waals surface area (Å²) in [5.74, 6) is 0. The number of aliphatic hydroxyl groups is 2. The van der Waals surface area contributed by atoms with E-state index in [1.807, 2.05) is 0 Å². The topological polar surface area (TPSA) is 52.5 Å². The molecule has 112 valence electrons. The highest BCUT2D eigenvalue weighted by atomic mass is 16.3. The van der Waals surface area contributed by atoms with Crippen LogP contribution in [-0.4, -0.2) is 36.5 Å². The van der Waals surface area contributed by atoms with Gasteiger partial charge in [0.2, 0.25) is 0 Å². The van der Waals surface area contributed by atoms with Crippen molar-refractivity contribution < 1.29 is 10.2 Å². The predicted octanol–water partition coefficient (Wildman–Crippen LogP) is 2.46. The number of hydrogen-bond donors (Lipinski definition) is 3. The fraction of sp³-hybridized carbons (Fsp3) is 1.00. The molecule has 0 bridgehead atoms. The maximum absolute atomic E-state index is 9.21. The van der Waals surface area contributed by atoms with Crippen molar-refractivity contribution in [2.75, 3.05) is 26.3 Å². The second-order valence-corrected chi connectivity index (χ2v) is 6.98. The zero-order valence-electron chi connectivity index (χ0n) is 12.3. The Hall–Kier alpha value is -0.120.